The molecule has 0 aliphatic heterocycles. The number of rotatable bonds is 8. The van der Waals surface area contributed by atoms with Gasteiger partial charge in [-0.05, 0) is 47.5 Å². The first-order valence-electron chi connectivity index (χ1n) is 8.39. The number of ether oxygens (including phenoxy) is 2. The minimum Gasteiger partial charge on any atom is -1.00 e. The second-order valence-corrected chi connectivity index (χ2v) is 6.26. The largest absolute Gasteiger partial charge is 1.00 e. The van der Waals surface area contributed by atoms with E-state index in [-0.39, 0.29) is 12.4 Å². The first-order chi connectivity index (χ1) is 12.7. The Kier molecular flexibility index (Phi) is 8.40. The summed E-state index contributed by atoms with van der Waals surface area (Å²) >= 11 is 6.01. The number of hydrogen-bond acceptors (Lipinski definition) is 4. The van der Waals surface area contributed by atoms with Crippen molar-refractivity contribution in [1.82, 2.24) is 10.3 Å². The van der Waals surface area contributed by atoms with Crippen molar-refractivity contribution in [2.75, 3.05) is 7.11 Å². The molecule has 0 fully saturated rings. The second kappa shape index (κ2) is 10.8. The van der Waals surface area contributed by atoms with Crippen LogP contribution in [0.1, 0.15) is 16.8 Å². The first kappa shape index (κ1) is 21.0. The van der Waals surface area contributed by atoms with Crippen LogP contribution in [0.4, 0.5) is 0 Å². The van der Waals surface area contributed by atoms with Crippen LogP contribution < -0.4 is 27.2 Å². The van der Waals surface area contributed by atoms with Gasteiger partial charge >= 0.3 is 0 Å². The van der Waals surface area contributed by atoms with Crippen molar-refractivity contribution in [2.24, 2.45) is 0 Å². The molecule has 3 aromatic rings. The Morgan fingerprint density at radius 3 is 2.56 bits per heavy atom. The molecular formula is C21H21Cl2N2O2-. The fourth-order valence-electron chi connectivity index (χ4n) is 2.57. The molecule has 0 unspecified atom stereocenters. The zero-order valence-electron chi connectivity index (χ0n) is 15.0. The summed E-state index contributed by atoms with van der Waals surface area (Å²) < 4.78 is 11.4. The summed E-state index contributed by atoms with van der Waals surface area (Å²) in [5.74, 6) is 1.42. The van der Waals surface area contributed by atoms with Crippen LogP contribution in [-0.4, -0.2) is 12.1 Å². The number of nitrogens with one attached hydrogen (secondary N) is 1. The van der Waals surface area contributed by atoms with Gasteiger partial charge in [-0.25, -0.2) is 0 Å². The molecule has 0 amide bonds. The van der Waals surface area contributed by atoms with E-state index in [0.29, 0.717) is 23.1 Å². The van der Waals surface area contributed by atoms with Gasteiger partial charge in [0.05, 0.1) is 12.8 Å². The maximum absolute atomic E-state index is 6.01. The normalized spacial score (nSPS) is 10.1. The summed E-state index contributed by atoms with van der Waals surface area (Å²) in [6, 6.07) is 19.5. The third-order valence-electron chi connectivity index (χ3n) is 3.87. The zero-order valence-corrected chi connectivity index (χ0v) is 16.5. The molecule has 2 aromatic carbocycles. The fourth-order valence-corrected chi connectivity index (χ4v) is 2.78. The molecular weight excluding hydrogens is 383 g/mol. The molecule has 0 atom stereocenters. The molecule has 0 bridgehead atoms. The summed E-state index contributed by atoms with van der Waals surface area (Å²) in [4.78, 5) is 4.30. The van der Waals surface area contributed by atoms with Crippen LogP contribution in [0.3, 0.4) is 0 Å². The monoisotopic (exact) mass is 403 g/mol. The van der Waals surface area contributed by atoms with E-state index in [4.69, 9.17) is 21.1 Å². The van der Waals surface area contributed by atoms with Gasteiger partial charge in [0.15, 0.2) is 11.5 Å². The summed E-state index contributed by atoms with van der Waals surface area (Å²) in [6.07, 6.45) is 1.80. The molecule has 6 heteroatoms. The zero-order chi connectivity index (χ0) is 18.2. The Hall–Kier alpha value is -2.27. The Labute approximate surface area is 170 Å². The van der Waals surface area contributed by atoms with Crippen molar-refractivity contribution in [3.05, 3.63) is 88.7 Å². The van der Waals surface area contributed by atoms with Gasteiger partial charge < -0.3 is 27.2 Å². The Bertz CT molecular complexity index is 845. The molecule has 0 aliphatic rings. The van der Waals surface area contributed by atoms with Gasteiger partial charge in [-0.15, -0.1) is 0 Å². The average molecular weight is 404 g/mol. The number of hydrogen-bond donors (Lipinski definition) is 1. The van der Waals surface area contributed by atoms with Crippen LogP contribution in [0.5, 0.6) is 11.5 Å². The van der Waals surface area contributed by atoms with Crippen LogP contribution in [-0.2, 0) is 19.7 Å². The number of halogens is 2. The van der Waals surface area contributed by atoms with Crippen LogP contribution in [0, 0.1) is 0 Å². The van der Waals surface area contributed by atoms with Gasteiger partial charge in [0.25, 0.3) is 0 Å². The van der Waals surface area contributed by atoms with Crippen LogP contribution in [0.15, 0.2) is 66.9 Å². The topological polar surface area (TPSA) is 43.4 Å². The molecule has 1 aromatic heterocycles. The van der Waals surface area contributed by atoms with E-state index in [1.54, 1.807) is 13.3 Å². The molecule has 0 saturated carbocycles. The smallest absolute Gasteiger partial charge is 0.161 e. The summed E-state index contributed by atoms with van der Waals surface area (Å²) in [5, 5.41) is 4.08. The SMILES string of the molecule is COc1cc(CNCc2ccccn2)ccc1OCc1cccc(Cl)c1.[Cl-]. The Morgan fingerprint density at radius 2 is 1.81 bits per heavy atom. The van der Waals surface area contributed by atoms with E-state index >= 15 is 0 Å². The van der Waals surface area contributed by atoms with Crippen molar-refractivity contribution in [1.29, 1.82) is 0 Å². The molecule has 27 heavy (non-hydrogen) atoms. The number of pyridine rings is 1. The maximum atomic E-state index is 6.01. The van der Waals surface area contributed by atoms with E-state index < -0.39 is 0 Å². The molecule has 1 N–H and O–H groups in total. The van der Waals surface area contributed by atoms with Gasteiger partial charge in [-0.1, -0.05) is 35.9 Å². The van der Waals surface area contributed by atoms with Gasteiger partial charge in [-0.3, -0.25) is 4.98 Å². The molecule has 3 rings (SSSR count). The van der Waals surface area contributed by atoms with E-state index in [9.17, 15) is 0 Å². The van der Waals surface area contributed by atoms with Gasteiger partial charge in [0.1, 0.15) is 6.61 Å². The van der Waals surface area contributed by atoms with Crippen LogP contribution in [0.25, 0.3) is 0 Å². The van der Waals surface area contributed by atoms with Gasteiger partial charge in [0.2, 0.25) is 0 Å². The first-order valence-corrected chi connectivity index (χ1v) is 8.77. The van der Waals surface area contributed by atoms with E-state index in [1.165, 1.54) is 0 Å². The van der Waals surface area contributed by atoms with Crippen molar-refractivity contribution < 1.29 is 21.9 Å². The second-order valence-electron chi connectivity index (χ2n) is 5.83. The van der Waals surface area contributed by atoms with Crippen molar-refractivity contribution in [3.8, 4) is 11.5 Å². The molecule has 0 aliphatic carbocycles. The molecule has 4 nitrogen and oxygen atoms in total. The van der Waals surface area contributed by atoms with Crippen molar-refractivity contribution in [3.63, 3.8) is 0 Å². The van der Waals surface area contributed by atoms with E-state index in [2.05, 4.69) is 10.3 Å². The summed E-state index contributed by atoms with van der Waals surface area (Å²) in [7, 11) is 1.65. The Balaban J connectivity index is 0.00000261. The predicted octanol–water partition coefficient (Wildman–Crippen LogP) is 1.62. The summed E-state index contributed by atoms with van der Waals surface area (Å²) in [5.41, 5.74) is 3.15. The highest BCUT2D eigenvalue weighted by atomic mass is 35.5. The molecule has 142 valence electrons. The number of nitrogens with zero attached hydrogens (tertiary/aromatic N) is 1. The van der Waals surface area contributed by atoms with E-state index in [0.717, 1.165) is 29.9 Å². The van der Waals surface area contributed by atoms with Crippen LogP contribution in [0.2, 0.25) is 5.02 Å². The fraction of sp³-hybridized carbons (Fsp3) is 0.190. The lowest BCUT2D eigenvalue weighted by Gasteiger charge is -2.13. The van der Waals surface area contributed by atoms with Gasteiger partial charge in [-0.2, -0.15) is 0 Å². The number of benzene rings is 2. The highest BCUT2D eigenvalue weighted by Crippen LogP contribution is 2.29. The van der Waals surface area contributed by atoms with Crippen molar-refractivity contribution >= 4 is 11.6 Å². The lowest BCUT2D eigenvalue weighted by molar-refractivity contribution is -0.00000582. The minimum absolute atomic E-state index is 0. The highest BCUT2D eigenvalue weighted by Gasteiger charge is 2.07. The third kappa shape index (κ3) is 6.43. The minimum atomic E-state index is 0. The summed E-state index contributed by atoms with van der Waals surface area (Å²) in [6.45, 7) is 1.88. The molecule has 0 spiro atoms. The van der Waals surface area contributed by atoms with E-state index in [1.807, 2.05) is 60.7 Å². The quantitative estimate of drug-likeness (QED) is 0.620. The Morgan fingerprint density at radius 1 is 0.926 bits per heavy atom. The average Bonchev–Trinajstić information content (AvgIpc) is 2.67. The maximum Gasteiger partial charge on any atom is 0.161 e. The lowest BCUT2D eigenvalue weighted by atomic mass is 10.2. The molecule has 0 saturated heterocycles. The molecule has 0 radical (unpaired) electrons. The third-order valence-corrected chi connectivity index (χ3v) is 4.11. The number of aromatic nitrogens is 1. The predicted molar refractivity (Wildman–Crippen MR) is 104 cm³/mol. The highest BCUT2D eigenvalue weighted by molar-refractivity contribution is 6.30. The van der Waals surface area contributed by atoms with Crippen LogP contribution >= 0.6 is 11.6 Å². The standard InChI is InChI=1S/C21H21ClN2O2.ClH/c1-25-21-12-16(13-23-14-19-7-2-3-10-24-19)8-9-20(21)26-15-17-5-4-6-18(22)11-17;/h2-12,23H,13-15H2,1H3;1H/p-1. The van der Waals surface area contributed by atoms with Gasteiger partial charge in [0, 0.05) is 24.3 Å². The number of methoxy groups -OCH3 is 1. The van der Waals surface area contributed by atoms with Crippen molar-refractivity contribution in [2.45, 2.75) is 19.7 Å². The lowest BCUT2D eigenvalue weighted by Crippen LogP contribution is -3.00. The molecule has 1 heterocycles.